The molecule has 5 N–H and O–H groups in total. The number of hydrogen-bond acceptors (Lipinski definition) is 7. The predicted molar refractivity (Wildman–Crippen MR) is 60.5 cm³/mol. The molecule has 2 heterocycles. The summed E-state index contributed by atoms with van der Waals surface area (Å²) in [4.78, 5) is 14.8. The number of rotatable bonds is 2. The first-order valence-corrected chi connectivity index (χ1v) is 5.57. The summed E-state index contributed by atoms with van der Waals surface area (Å²) in [6.45, 7) is -0.225. The maximum atomic E-state index is 14.0. The van der Waals surface area contributed by atoms with Gasteiger partial charge in [-0.3, -0.25) is 4.57 Å². The van der Waals surface area contributed by atoms with Gasteiger partial charge >= 0.3 is 5.69 Å². The van der Waals surface area contributed by atoms with Crippen LogP contribution in [0.4, 0.5) is 14.6 Å². The zero-order chi connectivity index (χ0) is 15.3. The number of halogens is 2. The fraction of sp³-hybridized carbons (Fsp3) is 0.600. The van der Waals surface area contributed by atoms with Crippen molar-refractivity contribution in [2.75, 3.05) is 12.3 Å². The number of aliphatic hydroxyl groups excluding tert-OH is 3. The van der Waals surface area contributed by atoms with Crippen molar-refractivity contribution in [3.05, 3.63) is 22.5 Å². The van der Waals surface area contributed by atoms with Crippen molar-refractivity contribution in [2.45, 2.75) is 30.7 Å². The van der Waals surface area contributed by atoms with Crippen molar-refractivity contribution in [2.24, 2.45) is 0 Å². The highest BCUT2D eigenvalue weighted by molar-refractivity contribution is 5.27. The quantitative estimate of drug-likeness (QED) is 0.498. The molecule has 0 saturated carbocycles. The van der Waals surface area contributed by atoms with Crippen LogP contribution in [0.15, 0.2) is 11.0 Å². The third-order valence-corrected chi connectivity index (χ3v) is 3.27. The number of nitrogens with zero attached hydrogens (tertiary/aromatic N) is 2. The van der Waals surface area contributed by atoms with Crippen molar-refractivity contribution in [1.82, 2.24) is 9.55 Å². The molecule has 1 fully saturated rings. The number of nitrogen functional groups attached to an aromatic ring is 1. The number of anilines is 1. The Bertz CT molecular complexity index is 597. The molecule has 0 aliphatic carbocycles. The molecule has 10 heteroatoms. The molecule has 20 heavy (non-hydrogen) atoms. The van der Waals surface area contributed by atoms with Crippen molar-refractivity contribution < 1.29 is 28.8 Å². The molecule has 4 atom stereocenters. The standard InChI is InChI=1S/C10H13F2N3O5/c1-9(5(17)6(18)10(12,3-16)20-9)15-2-4(11)7(13)14-8(15)19/h2,5-6,16-18H,3H2,1H3,(H2,13,14,19)/t5-,6+,9-,10-/m1/s1. The lowest BCUT2D eigenvalue weighted by Crippen LogP contribution is -2.48. The third-order valence-electron chi connectivity index (χ3n) is 3.27. The summed E-state index contributed by atoms with van der Waals surface area (Å²) >= 11 is 0. The molecule has 0 bridgehead atoms. The molecule has 8 nitrogen and oxygen atoms in total. The third kappa shape index (κ3) is 1.88. The minimum absolute atomic E-state index is 0.462. The number of hydrogen-bond donors (Lipinski definition) is 4. The van der Waals surface area contributed by atoms with Crippen LogP contribution in [-0.4, -0.2) is 49.5 Å². The van der Waals surface area contributed by atoms with Crippen LogP contribution >= 0.6 is 0 Å². The van der Waals surface area contributed by atoms with E-state index in [-0.39, 0.29) is 0 Å². The summed E-state index contributed by atoms with van der Waals surface area (Å²) in [6, 6.07) is 0. The van der Waals surface area contributed by atoms with Crippen molar-refractivity contribution in [3.8, 4) is 0 Å². The van der Waals surface area contributed by atoms with Crippen molar-refractivity contribution in [3.63, 3.8) is 0 Å². The Labute approximate surface area is 111 Å². The van der Waals surface area contributed by atoms with Gasteiger partial charge in [0.1, 0.15) is 18.8 Å². The van der Waals surface area contributed by atoms with Crippen LogP contribution in [0.25, 0.3) is 0 Å². The number of ether oxygens (including phenoxy) is 1. The Hall–Kier alpha value is -1.62. The summed E-state index contributed by atoms with van der Waals surface area (Å²) < 4.78 is 32.7. The van der Waals surface area contributed by atoms with E-state index in [9.17, 15) is 23.8 Å². The van der Waals surface area contributed by atoms with Gasteiger partial charge in [0, 0.05) is 0 Å². The molecule has 0 amide bonds. The average Bonchev–Trinajstić information content (AvgIpc) is 2.56. The lowest BCUT2D eigenvalue weighted by atomic mass is 10.0. The first kappa shape index (κ1) is 14.8. The lowest BCUT2D eigenvalue weighted by molar-refractivity contribution is -0.240. The fourth-order valence-corrected chi connectivity index (χ4v) is 2.07. The largest absolute Gasteiger partial charge is 0.390 e. The highest BCUT2D eigenvalue weighted by atomic mass is 19.2. The molecule has 1 aromatic rings. The molecule has 1 aromatic heterocycles. The van der Waals surface area contributed by atoms with Crippen LogP contribution in [-0.2, 0) is 10.5 Å². The van der Waals surface area contributed by atoms with Crippen LogP contribution in [0.2, 0.25) is 0 Å². The minimum atomic E-state index is -2.99. The zero-order valence-electron chi connectivity index (χ0n) is 10.3. The Morgan fingerprint density at radius 3 is 2.65 bits per heavy atom. The Kier molecular flexibility index (Phi) is 3.29. The van der Waals surface area contributed by atoms with Gasteiger partial charge in [0.2, 0.25) is 0 Å². The molecule has 0 spiro atoms. The molecule has 0 aromatic carbocycles. The highest BCUT2D eigenvalue weighted by Gasteiger charge is 2.62. The van der Waals surface area contributed by atoms with Gasteiger partial charge in [-0.1, -0.05) is 0 Å². The van der Waals surface area contributed by atoms with E-state index in [4.69, 9.17) is 15.6 Å². The normalized spacial score (nSPS) is 37.3. The van der Waals surface area contributed by atoms with Gasteiger partial charge in [-0.15, -0.1) is 0 Å². The monoisotopic (exact) mass is 293 g/mol. The molecular weight excluding hydrogens is 280 g/mol. The summed E-state index contributed by atoms with van der Waals surface area (Å²) in [6.07, 6.45) is -3.50. The summed E-state index contributed by atoms with van der Waals surface area (Å²) in [5.41, 5.74) is 1.84. The first-order chi connectivity index (χ1) is 9.15. The molecule has 1 saturated heterocycles. The van der Waals surface area contributed by atoms with Crippen LogP contribution in [0, 0.1) is 5.82 Å². The lowest BCUT2D eigenvalue weighted by Gasteiger charge is -2.29. The summed E-state index contributed by atoms with van der Waals surface area (Å²) in [7, 11) is 0. The van der Waals surface area contributed by atoms with Crippen LogP contribution in [0.5, 0.6) is 0 Å². The Morgan fingerprint density at radius 2 is 2.15 bits per heavy atom. The van der Waals surface area contributed by atoms with Gasteiger partial charge in [-0.05, 0) is 6.92 Å². The van der Waals surface area contributed by atoms with E-state index in [2.05, 4.69) is 4.98 Å². The first-order valence-electron chi connectivity index (χ1n) is 5.57. The topological polar surface area (TPSA) is 131 Å². The Morgan fingerprint density at radius 1 is 1.55 bits per heavy atom. The molecule has 0 radical (unpaired) electrons. The average molecular weight is 293 g/mol. The Balaban J connectivity index is 2.57. The van der Waals surface area contributed by atoms with Crippen LogP contribution in [0.3, 0.4) is 0 Å². The zero-order valence-corrected chi connectivity index (χ0v) is 10.3. The van der Waals surface area contributed by atoms with E-state index < -0.39 is 47.7 Å². The van der Waals surface area contributed by atoms with Gasteiger partial charge in [-0.2, -0.15) is 4.98 Å². The molecular formula is C10H13F2N3O5. The minimum Gasteiger partial charge on any atom is -0.390 e. The van der Waals surface area contributed by atoms with Crippen LogP contribution < -0.4 is 11.4 Å². The van der Waals surface area contributed by atoms with Gasteiger partial charge < -0.3 is 25.8 Å². The number of aliphatic hydroxyl groups is 3. The highest BCUT2D eigenvalue weighted by Crippen LogP contribution is 2.41. The van der Waals surface area contributed by atoms with E-state index in [1.54, 1.807) is 0 Å². The molecule has 2 rings (SSSR count). The number of aromatic nitrogens is 2. The van der Waals surface area contributed by atoms with Gasteiger partial charge in [0.15, 0.2) is 17.4 Å². The predicted octanol–water partition coefficient (Wildman–Crippen LogP) is -1.95. The number of alkyl halides is 1. The van der Waals surface area contributed by atoms with Crippen LogP contribution in [0.1, 0.15) is 6.92 Å². The molecule has 1 aliphatic rings. The fourth-order valence-electron chi connectivity index (χ4n) is 2.07. The molecule has 0 unspecified atom stereocenters. The van der Waals surface area contributed by atoms with E-state index in [1.807, 2.05) is 0 Å². The van der Waals surface area contributed by atoms with E-state index in [1.165, 1.54) is 0 Å². The maximum absolute atomic E-state index is 14.0. The van der Waals surface area contributed by atoms with Gasteiger partial charge in [0.05, 0.1) is 6.20 Å². The molecule has 112 valence electrons. The maximum Gasteiger partial charge on any atom is 0.352 e. The summed E-state index contributed by atoms with van der Waals surface area (Å²) in [5, 5.41) is 28.3. The van der Waals surface area contributed by atoms with Crippen molar-refractivity contribution >= 4 is 5.82 Å². The van der Waals surface area contributed by atoms with E-state index >= 15 is 0 Å². The second-order valence-corrected chi connectivity index (χ2v) is 4.62. The SMILES string of the molecule is C[C@@]1(n2cc(F)c(N)nc2=O)O[C@](F)(CO)[C@@H](O)[C@H]1O. The second kappa shape index (κ2) is 4.45. The number of nitrogens with two attached hydrogens (primary N) is 1. The smallest absolute Gasteiger partial charge is 0.352 e. The van der Waals surface area contributed by atoms with Crippen molar-refractivity contribution in [1.29, 1.82) is 0 Å². The van der Waals surface area contributed by atoms with E-state index in [0.717, 1.165) is 6.92 Å². The summed E-state index contributed by atoms with van der Waals surface area (Å²) in [5.74, 6) is -4.75. The molecule has 1 aliphatic heterocycles. The van der Waals surface area contributed by atoms with Gasteiger partial charge in [0.25, 0.3) is 5.85 Å². The second-order valence-electron chi connectivity index (χ2n) is 4.62. The van der Waals surface area contributed by atoms with E-state index in [0.29, 0.717) is 10.8 Å². The van der Waals surface area contributed by atoms with Gasteiger partial charge in [-0.25, -0.2) is 13.6 Å².